The van der Waals surface area contributed by atoms with E-state index in [9.17, 15) is 13.2 Å². The Morgan fingerprint density at radius 2 is 2.19 bits per heavy atom. The molecule has 2 nitrogen and oxygen atoms in total. The van der Waals surface area contributed by atoms with Crippen molar-refractivity contribution >= 4 is 27.3 Å². The summed E-state index contributed by atoms with van der Waals surface area (Å²) >= 11 is 4.11. The van der Waals surface area contributed by atoms with Crippen LogP contribution in [0, 0.1) is 6.92 Å². The molecule has 0 saturated carbocycles. The van der Waals surface area contributed by atoms with Gasteiger partial charge in [0.15, 0.2) is 0 Å². The zero-order chi connectivity index (χ0) is 12.3. The highest BCUT2D eigenvalue weighted by Gasteiger charge is 2.38. The molecule has 16 heavy (non-hydrogen) atoms. The first-order chi connectivity index (χ1) is 7.30. The van der Waals surface area contributed by atoms with Crippen molar-refractivity contribution in [3.8, 4) is 0 Å². The quantitative estimate of drug-likeness (QED) is 0.793. The van der Waals surface area contributed by atoms with Crippen molar-refractivity contribution in [2.75, 3.05) is 13.6 Å². The van der Waals surface area contributed by atoms with E-state index >= 15 is 0 Å². The maximum absolute atomic E-state index is 12.3. The first kappa shape index (κ1) is 13.9. The zero-order valence-electron chi connectivity index (χ0n) is 8.88. The van der Waals surface area contributed by atoms with Crippen LogP contribution in [0.1, 0.15) is 10.6 Å². The van der Waals surface area contributed by atoms with E-state index in [0.717, 1.165) is 10.6 Å². The molecule has 1 heterocycles. The van der Waals surface area contributed by atoms with E-state index < -0.39 is 11.0 Å². The lowest BCUT2D eigenvalue weighted by molar-refractivity contribution is -0.130. The second-order valence-corrected chi connectivity index (χ2v) is 5.61. The predicted octanol–water partition coefficient (Wildman–Crippen LogP) is 3.21. The van der Waals surface area contributed by atoms with E-state index in [-0.39, 0.29) is 6.54 Å². The standard InChI is InChI=1S/C9H12BrF3N2S/c1-6-7(16-5-14-6)3-15(2)4-8(10)9(11,12)13/h5,8H,3-4H2,1-2H3. The summed E-state index contributed by atoms with van der Waals surface area (Å²) in [5, 5.41) is 0. The van der Waals surface area contributed by atoms with Crippen molar-refractivity contribution in [1.82, 2.24) is 9.88 Å². The molecule has 0 aliphatic heterocycles. The van der Waals surface area contributed by atoms with Crippen LogP contribution in [-0.2, 0) is 6.54 Å². The second-order valence-electron chi connectivity index (χ2n) is 3.57. The normalized spacial score (nSPS) is 14.4. The van der Waals surface area contributed by atoms with E-state index in [1.54, 1.807) is 17.5 Å². The van der Waals surface area contributed by atoms with E-state index in [1.807, 2.05) is 6.92 Å². The van der Waals surface area contributed by atoms with Crippen molar-refractivity contribution in [2.24, 2.45) is 0 Å². The topological polar surface area (TPSA) is 16.1 Å². The van der Waals surface area contributed by atoms with Gasteiger partial charge in [0.05, 0.1) is 11.2 Å². The SMILES string of the molecule is Cc1ncsc1CN(C)CC(Br)C(F)(F)F. The first-order valence-electron chi connectivity index (χ1n) is 4.59. The summed E-state index contributed by atoms with van der Waals surface area (Å²) in [6.07, 6.45) is -4.20. The maximum Gasteiger partial charge on any atom is 0.402 e. The third kappa shape index (κ3) is 4.03. The van der Waals surface area contributed by atoms with Crippen molar-refractivity contribution in [3.63, 3.8) is 0 Å². The summed E-state index contributed by atoms with van der Waals surface area (Å²) < 4.78 is 36.9. The minimum atomic E-state index is -4.20. The van der Waals surface area contributed by atoms with Gasteiger partial charge in [0, 0.05) is 18.0 Å². The third-order valence-corrected chi connectivity index (χ3v) is 3.81. The molecule has 1 rings (SSSR count). The summed E-state index contributed by atoms with van der Waals surface area (Å²) in [5.41, 5.74) is 2.59. The van der Waals surface area contributed by atoms with Crippen molar-refractivity contribution in [2.45, 2.75) is 24.5 Å². The number of thiazole rings is 1. The van der Waals surface area contributed by atoms with Gasteiger partial charge in [0.1, 0.15) is 4.83 Å². The number of aromatic nitrogens is 1. The third-order valence-electron chi connectivity index (χ3n) is 2.09. The van der Waals surface area contributed by atoms with Gasteiger partial charge in [-0.05, 0) is 14.0 Å². The highest BCUT2D eigenvalue weighted by molar-refractivity contribution is 9.09. The molecular formula is C9H12BrF3N2S. The Bertz CT molecular complexity index is 340. The largest absolute Gasteiger partial charge is 0.402 e. The van der Waals surface area contributed by atoms with Crippen LogP contribution in [0.2, 0.25) is 0 Å². The Morgan fingerprint density at radius 1 is 1.56 bits per heavy atom. The summed E-state index contributed by atoms with van der Waals surface area (Å²) in [5.74, 6) is 0. The highest BCUT2D eigenvalue weighted by Crippen LogP contribution is 2.27. The average molecular weight is 317 g/mol. The van der Waals surface area contributed by atoms with Crippen LogP contribution in [-0.4, -0.2) is 34.5 Å². The molecule has 1 aromatic rings. The minimum absolute atomic E-state index is 0.0686. The van der Waals surface area contributed by atoms with Gasteiger partial charge in [-0.3, -0.25) is 4.90 Å². The molecule has 0 aliphatic carbocycles. The molecule has 0 fully saturated rings. The van der Waals surface area contributed by atoms with Gasteiger partial charge in [-0.25, -0.2) is 4.98 Å². The molecule has 0 aromatic carbocycles. The molecular weight excluding hydrogens is 305 g/mol. The molecule has 0 aliphatic rings. The molecule has 92 valence electrons. The zero-order valence-corrected chi connectivity index (χ0v) is 11.3. The van der Waals surface area contributed by atoms with E-state index in [1.165, 1.54) is 11.3 Å². The number of rotatable bonds is 4. The summed E-state index contributed by atoms with van der Waals surface area (Å²) in [4.78, 5) is 5.20. The van der Waals surface area contributed by atoms with Gasteiger partial charge in [-0.1, -0.05) is 15.9 Å². The van der Waals surface area contributed by atoms with Crippen LogP contribution >= 0.6 is 27.3 Å². The van der Waals surface area contributed by atoms with Gasteiger partial charge in [-0.15, -0.1) is 11.3 Å². The van der Waals surface area contributed by atoms with Gasteiger partial charge < -0.3 is 0 Å². The molecule has 0 spiro atoms. The van der Waals surface area contributed by atoms with Gasteiger partial charge in [0.25, 0.3) is 0 Å². The molecule has 7 heteroatoms. The number of aryl methyl sites for hydroxylation is 1. The van der Waals surface area contributed by atoms with Gasteiger partial charge in [0.2, 0.25) is 0 Å². The lowest BCUT2D eigenvalue weighted by Crippen LogP contribution is -2.34. The predicted molar refractivity (Wildman–Crippen MR) is 62.0 cm³/mol. The first-order valence-corrected chi connectivity index (χ1v) is 6.38. The highest BCUT2D eigenvalue weighted by atomic mass is 79.9. The Kier molecular flexibility index (Phi) is 4.75. The second kappa shape index (κ2) is 5.46. The number of hydrogen-bond donors (Lipinski definition) is 0. The van der Waals surface area contributed by atoms with E-state index in [4.69, 9.17) is 0 Å². The smallest absolute Gasteiger partial charge is 0.300 e. The van der Waals surface area contributed by atoms with Crippen molar-refractivity contribution in [3.05, 3.63) is 16.1 Å². The molecule has 1 unspecified atom stereocenters. The number of alkyl halides is 4. The Hall–Kier alpha value is -0.140. The van der Waals surface area contributed by atoms with Crippen LogP contribution in [0.15, 0.2) is 5.51 Å². The lowest BCUT2D eigenvalue weighted by Gasteiger charge is -2.21. The fraction of sp³-hybridized carbons (Fsp3) is 0.667. The number of nitrogens with zero attached hydrogens (tertiary/aromatic N) is 2. The van der Waals surface area contributed by atoms with Crippen LogP contribution < -0.4 is 0 Å². The Balaban J connectivity index is 2.48. The van der Waals surface area contributed by atoms with E-state index in [0.29, 0.717) is 6.54 Å². The summed E-state index contributed by atoms with van der Waals surface area (Å²) in [6, 6.07) is 0. The fourth-order valence-electron chi connectivity index (χ4n) is 1.16. The molecule has 0 saturated heterocycles. The average Bonchev–Trinajstić information content (AvgIpc) is 2.50. The Morgan fingerprint density at radius 3 is 2.62 bits per heavy atom. The minimum Gasteiger partial charge on any atom is -0.300 e. The summed E-state index contributed by atoms with van der Waals surface area (Å²) in [7, 11) is 1.67. The molecule has 0 N–H and O–H groups in total. The Labute approximate surface area is 105 Å². The molecule has 0 radical (unpaired) electrons. The molecule has 1 atom stereocenters. The van der Waals surface area contributed by atoms with Crippen LogP contribution in [0.3, 0.4) is 0 Å². The van der Waals surface area contributed by atoms with Crippen molar-refractivity contribution < 1.29 is 13.2 Å². The number of halogens is 4. The molecule has 0 amide bonds. The van der Waals surface area contributed by atoms with Crippen molar-refractivity contribution in [1.29, 1.82) is 0 Å². The van der Waals surface area contributed by atoms with Crippen LogP contribution in [0.5, 0.6) is 0 Å². The monoisotopic (exact) mass is 316 g/mol. The lowest BCUT2D eigenvalue weighted by atomic mass is 10.3. The van der Waals surface area contributed by atoms with Crippen LogP contribution in [0.4, 0.5) is 13.2 Å². The fourth-order valence-corrected chi connectivity index (χ4v) is 2.52. The molecule has 0 bridgehead atoms. The van der Waals surface area contributed by atoms with Gasteiger partial charge >= 0.3 is 6.18 Å². The summed E-state index contributed by atoms with van der Waals surface area (Å²) in [6.45, 7) is 2.28. The maximum atomic E-state index is 12.3. The van der Waals surface area contributed by atoms with Gasteiger partial charge in [-0.2, -0.15) is 13.2 Å². The van der Waals surface area contributed by atoms with E-state index in [2.05, 4.69) is 20.9 Å². The number of hydrogen-bond acceptors (Lipinski definition) is 3. The molecule has 1 aromatic heterocycles. The van der Waals surface area contributed by atoms with Crippen LogP contribution in [0.25, 0.3) is 0 Å².